The second kappa shape index (κ2) is 7.11. The van der Waals surface area contributed by atoms with Crippen LogP contribution >= 0.6 is 27.5 Å². The molecule has 0 bridgehead atoms. The zero-order chi connectivity index (χ0) is 16.3. The summed E-state index contributed by atoms with van der Waals surface area (Å²) in [6.07, 6.45) is 0.733. The molecule has 0 aliphatic carbocycles. The molecule has 1 aliphatic heterocycles. The summed E-state index contributed by atoms with van der Waals surface area (Å²) in [6.45, 7) is 0. The van der Waals surface area contributed by atoms with Gasteiger partial charge < -0.3 is 15.7 Å². The highest BCUT2D eigenvalue weighted by Crippen LogP contribution is 2.22. The van der Waals surface area contributed by atoms with Gasteiger partial charge >= 0.3 is 5.97 Å². The van der Waals surface area contributed by atoms with E-state index in [0.717, 1.165) is 0 Å². The summed E-state index contributed by atoms with van der Waals surface area (Å²) in [4.78, 5) is 34.5. The molecule has 2 rings (SSSR count). The molecule has 1 saturated heterocycles. The van der Waals surface area contributed by atoms with Crippen LogP contribution in [0.15, 0.2) is 22.7 Å². The van der Waals surface area contributed by atoms with Crippen LogP contribution in [0.2, 0.25) is 5.02 Å². The highest BCUT2D eigenvalue weighted by Gasteiger charge is 2.30. The molecule has 22 heavy (non-hydrogen) atoms. The van der Waals surface area contributed by atoms with Crippen molar-refractivity contribution in [3.05, 3.63) is 33.3 Å². The minimum absolute atomic E-state index is 0.0862. The Morgan fingerprint density at radius 1 is 1.50 bits per heavy atom. The molecule has 2 amide bonds. The third-order valence-electron chi connectivity index (χ3n) is 3.36. The van der Waals surface area contributed by atoms with Gasteiger partial charge in [0.2, 0.25) is 11.8 Å². The van der Waals surface area contributed by atoms with Gasteiger partial charge in [-0.25, -0.2) is 4.79 Å². The summed E-state index contributed by atoms with van der Waals surface area (Å²) in [6, 6.07) is 3.27. The normalized spacial score (nSPS) is 18.6. The minimum atomic E-state index is -1.15. The van der Waals surface area contributed by atoms with Gasteiger partial charge in [0.1, 0.15) is 12.1 Å². The number of halogens is 2. The third-order valence-corrected chi connectivity index (χ3v) is 4.37. The molecule has 3 N–H and O–H groups in total. The largest absolute Gasteiger partial charge is 0.480 e. The molecule has 0 unspecified atom stereocenters. The maximum atomic E-state index is 12.0. The zero-order valence-electron chi connectivity index (χ0n) is 11.4. The quantitative estimate of drug-likeness (QED) is 0.711. The smallest absolute Gasteiger partial charge is 0.326 e. The average molecular weight is 390 g/mol. The first-order valence-corrected chi connectivity index (χ1v) is 7.80. The van der Waals surface area contributed by atoms with Gasteiger partial charge in [0.15, 0.2) is 0 Å². The summed E-state index contributed by atoms with van der Waals surface area (Å²) in [7, 11) is 0. The van der Waals surface area contributed by atoms with Crippen LogP contribution in [0.4, 0.5) is 0 Å². The number of amides is 2. The number of benzene rings is 1. The number of rotatable bonds is 5. The molecule has 1 aromatic carbocycles. The predicted molar refractivity (Wildman–Crippen MR) is 83.6 cm³/mol. The van der Waals surface area contributed by atoms with E-state index in [1.54, 1.807) is 18.2 Å². The first kappa shape index (κ1) is 16.8. The molecule has 2 atom stereocenters. The van der Waals surface area contributed by atoms with Crippen molar-refractivity contribution in [2.45, 2.75) is 31.3 Å². The molecule has 0 spiro atoms. The Hall–Kier alpha value is -1.60. The van der Waals surface area contributed by atoms with Gasteiger partial charge in [0, 0.05) is 22.3 Å². The topological polar surface area (TPSA) is 95.5 Å². The molecule has 118 valence electrons. The van der Waals surface area contributed by atoms with Crippen LogP contribution in [0.1, 0.15) is 18.4 Å². The lowest BCUT2D eigenvalue weighted by atomic mass is 10.1. The number of carboxylic acids is 1. The molecular weight excluding hydrogens is 376 g/mol. The van der Waals surface area contributed by atoms with Crippen molar-refractivity contribution < 1.29 is 19.5 Å². The van der Waals surface area contributed by atoms with Crippen LogP contribution in [0, 0.1) is 0 Å². The van der Waals surface area contributed by atoms with E-state index in [-0.39, 0.29) is 18.7 Å². The van der Waals surface area contributed by atoms with E-state index in [1.165, 1.54) is 0 Å². The first-order valence-electron chi connectivity index (χ1n) is 6.63. The van der Waals surface area contributed by atoms with Crippen LogP contribution < -0.4 is 10.6 Å². The summed E-state index contributed by atoms with van der Waals surface area (Å²) in [5.74, 6) is -1.84. The molecule has 0 radical (unpaired) electrons. The summed E-state index contributed by atoms with van der Waals surface area (Å²) in [5.41, 5.74) is 0.677. The standard InChI is InChI=1S/C14H14BrClN2O4/c15-9-2-1-8(16)5-7(9)6-11(14(21)22)18-13(20)10-3-4-12(19)17-10/h1-2,5,10-11H,3-4,6H2,(H,17,19)(H,18,20)(H,21,22)/t10-,11+/m1/s1. The Morgan fingerprint density at radius 2 is 2.23 bits per heavy atom. The van der Waals surface area contributed by atoms with Crippen molar-refractivity contribution in [2.75, 3.05) is 0 Å². The van der Waals surface area contributed by atoms with Gasteiger partial charge in [0.05, 0.1) is 0 Å². The van der Waals surface area contributed by atoms with E-state index >= 15 is 0 Å². The van der Waals surface area contributed by atoms with Gasteiger partial charge in [-0.2, -0.15) is 0 Å². The molecule has 8 heteroatoms. The second-order valence-electron chi connectivity index (χ2n) is 5.00. The van der Waals surface area contributed by atoms with Crippen LogP contribution in [0.25, 0.3) is 0 Å². The molecule has 6 nitrogen and oxygen atoms in total. The van der Waals surface area contributed by atoms with E-state index in [0.29, 0.717) is 21.5 Å². The zero-order valence-corrected chi connectivity index (χ0v) is 13.8. The monoisotopic (exact) mass is 388 g/mol. The minimum Gasteiger partial charge on any atom is -0.480 e. The predicted octanol–water partition coefficient (Wildman–Crippen LogP) is 1.49. The second-order valence-corrected chi connectivity index (χ2v) is 6.29. The molecule has 0 aromatic heterocycles. The van der Waals surface area contributed by atoms with Crippen molar-refractivity contribution in [1.82, 2.24) is 10.6 Å². The highest BCUT2D eigenvalue weighted by atomic mass is 79.9. The number of hydrogen-bond acceptors (Lipinski definition) is 3. The molecule has 1 aliphatic rings. The van der Waals surface area contributed by atoms with E-state index < -0.39 is 24.0 Å². The lowest BCUT2D eigenvalue weighted by Crippen LogP contribution is -2.49. The van der Waals surface area contributed by atoms with Crippen LogP contribution in [0.5, 0.6) is 0 Å². The van der Waals surface area contributed by atoms with Gasteiger partial charge in [0.25, 0.3) is 0 Å². The summed E-state index contributed by atoms with van der Waals surface area (Å²) >= 11 is 9.23. The fraction of sp³-hybridized carbons (Fsp3) is 0.357. The highest BCUT2D eigenvalue weighted by molar-refractivity contribution is 9.10. The Labute approximate surface area is 140 Å². The third kappa shape index (κ3) is 4.20. The van der Waals surface area contributed by atoms with Crippen molar-refractivity contribution >= 4 is 45.3 Å². The molecule has 1 heterocycles. The molecule has 1 fully saturated rings. The van der Waals surface area contributed by atoms with E-state index in [1.807, 2.05) is 0 Å². The van der Waals surface area contributed by atoms with Crippen molar-refractivity contribution in [1.29, 1.82) is 0 Å². The number of nitrogens with one attached hydrogen (secondary N) is 2. The molecular formula is C14H14BrClN2O4. The molecule has 0 saturated carbocycles. The fourth-order valence-corrected chi connectivity index (χ4v) is 2.81. The van der Waals surface area contributed by atoms with E-state index in [9.17, 15) is 19.5 Å². The fourth-order valence-electron chi connectivity index (χ4n) is 2.20. The summed E-state index contributed by atoms with van der Waals surface area (Å²) in [5, 5.41) is 14.7. The maximum absolute atomic E-state index is 12.0. The lowest BCUT2D eigenvalue weighted by molar-refractivity contribution is -0.142. The Morgan fingerprint density at radius 3 is 2.82 bits per heavy atom. The average Bonchev–Trinajstić information content (AvgIpc) is 2.88. The maximum Gasteiger partial charge on any atom is 0.326 e. The SMILES string of the molecule is O=C1CC[C@H](C(=O)N[C@@H](Cc2cc(Cl)ccc2Br)C(=O)O)N1. The number of carboxylic acid groups (broad SMARTS) is 1. The Kier molecular flexibility index (Phi) is 5.42. The number of carbonyl (C=O) groups is 3. The number of aliphatic carboxylic acids is 1. The number of hydrogen-bond donors (Lipinski definition) is 3. The van der Waals surface area contributed by atoms with Crippen LogP contribution in [-0.2, 0) is 20.8 Å². The van der Waals surface area contributed by atoms with Crippen molar-refractivity contribution in [3.8, 4) is 0 Å². The summed E-state index contributed by atoms with van der Waals surface area (Å²) < 4.78 is 0.714. The first-order chi connectivity index (χ1) is 10.4. The van der Waals surface area contributed by atoms with Gasteiger partial charge in [-0.1, -0.05) is 27.5 Å². The van der Waals surface area contributed by atoms with Gasteiger partial charge in [-0.15, -0.1) is 0 Å². The van der Waals surface area contributed by atoms with E-state index in [2.05, 4.69) is 26.6 Å². The Balaban J connectivity index is 2.07. The molecule has 1 aromatic rings. The van der Waals surface area contributed by atoms with Crippen molar-refractivity contribution in [3.63, 3.8) is 0 Å². The number of carbonyl (C=O) groups excluding carboxylic acids is 2. The van der Waals surface area contributed by atoms with Crippen LogP contribution in [-0.4, -0.2) is 35.0 Å². The van der Waals surface area contributed by atoms with E-state index in [4.69, 9.17) is 11.6 Å². The van der Waals surface area contributed by atoms with Gasteiger partial charge in [-0.3, -0.25) is 9.59 Å². The van der Waals surface area contributed by atoms with Crippen molar-refractivity contribution in [2.24, 2.45) is 0 Å². The lowest BCUT2D eigenvalue weighted by Gasteiger charge is -2.18. The van der Waals surface area contributed by atoms with Crippen LogP contribution in [0.3, 0.4) is 0 Å². The Bertz CT molecular complexity index is 623. The van der Waals surface area contributed by atoms with Gasteiger partial charge in [-0.05, 0) is 30.2 Å².